The highest BCUT2D eigenvalue weighted by atomic mass is 19.4. The van der Waals surface area contributed by atoms with Crippen LogP contribution >= 0.6 is 0 Å². The van der Waals surface area contributed by atoms with Gasteiger partial charge in [-0.2, -0.15) is 23.3 Å². The van der Waals surface area contributed by atoms with Gasteiger partial charge in [0.25, 0.3) is 17.3 Å². The fourth-order valence-electron chi connectivity index (χ4n) is 2.70. The summed E-state index contributed by atoms with van der Waals surface area (Å²) in [5.74, 6) is -1.93. The minimum atomic E-state index is -5.23. The van der Waals surface area contributed by atoms with E-state index >= 15 is 0 Å². The monoisotopic (exact) mass is 427 g/mol. The van der Waals surface area contributed by atoms with Gasteiger partial charge in [0.2, 0.25) is 0 Å². The molecule has 0 unspecified atom stereocenters. The Bertz CT molecular complexity index is 992. The van der Waals surface area contributed by atoms with E-state index in [-0.39, 0.29) is 27.7 Å². The highest BCUT2D eigenvalue weighted by molar-refractivity contribution is 6.03. The molecule has 1 aliphatic rings. The van der Waals surface area contributed by atoms with Gasteiger partial charge in [0.15, 0.2) is 6.61 Å². The molecule has 1 heterocycles. The predicted octanol–water partition coefficient (Wildman–Crippen LogP) is 3.00. The first-order valence-corrected chi connectivity index (χ1v) is 8.34. The molecule has 0 saturated carbocycles. The third-order valence-electron chi connectivity index (χ3n) is 4.26. The van der Waals surface area contributed by atoms with Crippen LogP contribution < -0.4 is 4.74 Å². The lowest BCUT2D eigenvalue weighted by molar-refractivity contribution is -0.384. The minimum Gasteiger partial charge on any atom is -0.484 e. The van der Waals surface area contributed by atoms with E-state index in [0.29, 0.717) is 0 Å². The van der Waals surface area contributed by atoms with Gasteiger partial charge >= 0.3 is 6.18 Å². The molecule has 1 N–H and O–H groups in total. The maximum Gasteiger partial charge on any atom is 0.438 e. The smallest absolute Gasteiger partial charge is 0.438 e. The molecule has 3 rings (SSSR count). The average molecular weight is 427 g/mol. The zero-order valence-corrected chi connectivity index (χ0v) is 15.0. The van der Waals surface area contributed by atoms with E-state index in [1.165, 1.54) is 24.3 Å². The van der Waals surface area contributed by atoms with Crippen molar-refractivity contribution in [1.82, 2.24) is 5.01 Å². The van der Waals surface area contributed by atoms with Gasteiger partial charge in [-0.05, 0) is 29.8 Å². The van der Waals surface area contributed by atoms with Crippen molar-refractivity contribution in [3.05, 3.63) is 70.0 Å². The molecule has 1 amide bonds. The molecule has 158 valence electrons. The molecule has 0 spiro atoms. The molecular formula is C18H13F4N3O5. The SMILES string of the molecule is O=C(COc1ccc([N+](=O)[O-])cc1)N1N=C(c2ccc(F)cc2)C[C@@]1(O)C(F)(F)F. The van der Waals surface area contributed by atoms with Crippen LogP contribution in [0.1, 0.15) is 12.0 Å². The summed E-state index contributed by atoms with van der Waals surface area (Å²) in [7, 11) is 0. The van der Waals surface area contributed by atoms with Crippen molar-refractivity contribution >= 4 is 17.3 Å². The molecule has 2 aromatic rings. The third-order valence-corrected chi connectivity index (χ3v) is 4.26. The molecule has 0 fully saturated rings. The first kappa shape index (κ1) is 21.2. The topological polar surface area (TPSA) is 105 Å². The number of non-ortho nitro benzene ring substituents is 1. The second kappa shape index (κ2) is 7.71. The van der Waals surface area contributed by atoms with E-state index in [2.05, 4.69) is 5.10 Å². The maximum atomic E-state index is 13.5. The first-order chi connectivity index (χ1) is 14.0. The van der Waals surface area contributed by atoms with E-state index in [1.54, 1.807) is 0 Å². The van der Waals surface area contributed by atoms with E-state index in [1.807, 2.05) is 0 Å². The van der Waals surface area contributed by atoms with E-state index < -0.39 is 41.6 Å². The number of nitrogens with zero attached hydrogens (tertiary/aromatic N) is 3. The number of alkyl halides is 3. The number of hydrogen-bond acceptors (Lipinski definition) is 6. The van der Waals surface area contributed by atoms with Gasteiger partial charge in [0.05, 0.1) is 17.1 Å². The van der Waals surface area contributed by atoms with Crippen LogP contribution in [0, 0.1) is 15.9 Å². The normalized spacial score (nSPS) is 18.8. The Morgan fingerprint density at radius 3 is 2.33 bits per heavy atom. The van der Waals surface area contributed by atoms with Gasteiger partial charge in [0, 0.05) is 12.1 Å². The molecular weight excluding hydrogens is 414 g/mol. The van der Waals surface area contributed by atoms with E-state index in [0.717, 1.165) is 24.3 Å². The van der Waals surface area contributed by atoms with Crippen LogP contribution in [0.4, 0.5) is 23.2 Å². The van der Waals surface area contributed by atoms with Crippen LogP contribution in [0.25, 0.3) is 0 Å². The summed E-state index contributed by atoms with van der Waals surface area (Å²) in [6.07, 6.45) is -6.29. The Hall–Kier alpha value is -3.54. The standard InChI is InChI=1S/C18H13F4N3O5/c19-12-3-1-11(2-4-12)15-9-17(27,18(20,21)22)24(23-15)16(26)10-30-14-7-5-13(6-8-14)25(28)29/h1-8,27H,9-10H2/t17-/m1/s1. The lowest BCUT2D eigenvalue weighted by atomic mass is 10.0. The van der Waals surface area contributed by atoms with Gasteiger partial charge in [-0.1, -0.05) is 12.1 Å². The third kappa shape index (κ3) is 4.08. The van der Waals surface area contributed by atoms with Gasteiger partial charge in [-0.15, -0.1) is 0 Å². The highest BCUT2D eigenvalue weighted by Crippen LogP contribution is 2.41. The van der Waals surface area contributed by atoms with Gasteiger partial charge in [0.1, 0.15) is 11.6 Å². The number of hydrogen-bond donors (Lipinski definition) is 1. The first-order valence-electron chi connectivity index (χ1n) is 8.34. The minimum absolute atomic E-state index is 0.00793. The second-order valence-electron chi connectivity index (χ2n) is 6.29. The summed E-state index contributed by atoms with van der Waals surface area (Å²) >= 11 is 0. The van der Waals surface area contributed by atoms with E-state index in [4.69, 9.17) is 4.74 Å². The predicted molar refractivity (Wildman–Crippen MR) is 94.0 cm³/mol. The molecule has 0 radical (unpaired) electrons. The molecule has 2 aromatic carbocycles. The Kier molecular flexibility index (Phi) is 5.44. The number of nitro groups is 1. The second-order valence-corrected chi connectivity index (χ2v) is 6.29. The molecule has 0 bridgehead atoms. The largest absolute Gasteiger partial charge is 0.484 e. The molecule has 0 aliphatic carbocycles. The number of amides is 1. The number of nitro benzene ring substituents is 1. The van der Waals surface area contributed by atoms with Gasteiger partial charge in [-0.25, -0.2) is 4.39 Å². The van der Waals surface area contributed by atoms with E-state index in [9.17, 15) is 37.6 Å². The molecule has 0 aromatic heterocycles. The number of ether oxygens (including phenoxy) is 1. The summed E-state index contributed by atoms with van der Waals surface area (Å²) in [4.78, 5) is 22.3. The summed E-state index contributed by atoms with van der Waals surface area (Å²) in [6, 6.07) is 8.87. The number of carbonyl (C=O) groups is 1. The number of aliphatic hydroxyl groups is 1. The fourth-order valence-corrected chi connectivity index (χ4v) is 2.70. The molecule has 8 nitrogen and oxygen atoms in total. The van der Waals surface area contributed by atoms with Crippen molar-refractivity contribution < 1.29 is 37.1 Å². The zero-order valence-electron chi connectivity index (χ0n) is 15.0. The molecule has 0 saturated heterocycles. The van der Waals surface area contributed by atoms with Crippen LogP contribution in [0.5, 0.6) is 5.75 Å². The Morgan fingerprint density at radius 2 is 1.80 bits per heavy atom. The van der Waals surface area contributed by atoms with Crippen LogP contribution in [-0.4, -0.2) is 45.2 Å². The Labute approximate surface area is 166 Å². The lowest BCUT2D eigenvalue weighted by Gasteiger charge is -2.32. The van der Waals surface area contributed by atoms with Gasteiger partial charge in [-0.3, -0.25) is 14.9 Å². The van der Waals surface area contributed by atoms with Crippen LogP contribution in [0.3, 0.4) is 0 Å². The summed E-state index contributed by atoms with van der Waals surface area (Å²) in [6.45, 7) is -0.920. The quantitative estimate of drug-likeness (QED) is 0.449. The molecule has 1 aliphatic heterocycles. The zero-order chi connectivity index (χ0) is 22.1. The number of halogens is 4. The molecule has 12 heteroatoms. The van der Waals surface area contributed by atoms with Crippen molar-refractivity contribution in [1.29, 1.82) is 0 Å². The number of hydrazone groups is 1. The Balaban J connectivity index is 1.81. The summed E-state index contributed by atoms with van der Waals surface area (Å²) < 4.78 is 58.7. The average Bonchev–Trinajstić information content (AvgIpc) is 3.06. The molecule has 1 atom stereocenters. The van der Waals surface area contributed by atoms with Crippen molar-refractivity contribution in [3.63, 3.8) is 0 Å². The van der Waals surface area contributed by atoms with Crippen LogP contribution in [-0.2, 0) is 4.79 Å². The van der Waals surface area contributed by atoms with Crippen LogP contribution in [0.2, 0.25) is 0 Å². The summed E-state index contributed by atoms with van der Waals surface area (Å²) in [5, 5.41) is 24.3. The van der Waals surface area contributed by atoms with Crippen molar-refractivity contribution in [2.45, 2.75) is 18.3 Å². The fraction of sp³-hybridized carbons (Fsp3) is 0.222. The van der Waals surface area contributed by atoms with Gasteiger partial charge < -0.3 is 9.84 Å². The number of rotatable bonds is 5. The molecule has 30 heavy (non-hydrogen) atoms. The van der Waals surface area contributed by atoms with Crippen molar-refractivity contribution in [3.8, 4) is 5.75 Å². The number of benzene rings is 2. The van der Waals surface area contributed by atoms with Crippen molar-refractivity contribution in [2.75, 3.05) is 6.61 Å². The number of carbonyl (C=O) groups excluding carboxylic acids is 1. The Morgan fingerprint density at radius 1 is 1.20 bits per heavy atom. The van der Waals surface area contributed by atoms with Crippen LogP contribution in [0.15, 0.2) is 53.6 Å². The maximum absolute atomic E-state index is 13.5. The van der Waals surface area contributed by atoms with Crippen molar-refractivity contribution in [2.24, 2.45) is 5.10 Å². The highest BCUT2D eigenvalue weighted by Gasteiger charge is 2.63. The lowest BCUT2D eigenvalue weighted by Crippen LogP contribution is -2.57. The summed E-state index contributed by atoms with van der Waals surface area (Å²) in [5.41, 5.74) is -4.01.